The Morgan fingerprint density at radius 1 is 1.16 bits per heavy atom. The molecule has 0 saturated carbocycles. The van der Waals surface area contributed by atoms with Crippen LogP contribution in [0, 0.1) is 5.92 Å². The summed E-state index contributed by atoms with van der Waals surface area (Å²) in [4.78, 5) is 34.6. The van der Waals surface area contributed by atoms with Crippen molar-refractivity contribution in [2.45, 2.75) is 32.7 Å². The van der Waals surface area contributed by atoms with Gasteiger partial charge in [0, 0.05) is 5.69 Å². The van der Waals surface area contributed by atoms with Crippen molar-refractivity contribution in [1.29, 1.82) is 0 Å². The van der Waals surface area contributed by atoms with E-state index in [1.54, 1.807) is 24.3 Å². The minimum Gasteiger partial charge on any atom is -0.468 e. The summed E-state index contributed by atoms with van der Waals surface area (Å²) < 4.78 is 4.44. The van der Waals surface area contributed by atoms with Crippen LogP contribution >= 0.6 is 12.4 Å². The molecule has 8 heteroatoms. The SMILES string of the molecule is COC(=O)CNC(=O)Cc1ccc(NC(=O)[C@@H](N)CC(C)C)cc1.Cl. The van der Waals surface area contributed by atoms with Crippen molar-refractivity contribution < 1.29 is 19.1 Å². The van der Waals surface area contributed by atoms with Gasteiger partial charge in [-0.05, 0) is 30.0 Å². The number of esters is 1. The fourth-order valence-corrected chi connectivity index (χ4v) is 2.05. The number of carbonyl (C=O) groups excluding carboxylic acids is 3. The van der Waals surface area contributed by atoms with Gasteiger partial charge in [-0.25, -0.2) is 0 Å². The van der Waals surface area contributed by atoms with E-state index in [2.05, 4.69) is 15.4 Å². The average molecular weight is 372 g/mol. The number of rotatable bonds is 8. The third kappa shape index (κ3) is 9.07. The lowest BCUT2D eigenvalue weighted by Gasteiger charge is -2.14. The normalized spacial score (nSPS) is 11.2. The molecule has 0 aliphatic rings. The zero-order valence-corrected chi connectivity index (χ0v) is 15.5. The number of methoxy groups -OCH3 is 1. The van der Waals surface area contributed by atoms with E-state index in [4.69, 9.17) is 5.73 Å². The number of nitrogens with two attached hydrogens (primary N) is 1. The molecule has 0 heterocycles. The predicted octanol–water partition coefficient (Wildman–Crippen LogP) is 1.25. The number of carbonyl (C=O) groups is 3. The van der Waals surface area contributed by atoms with Gasteiger partial charge in [0.05, 0.1) is 19.6 Å². The van der Waals surface area contributed by atoms with Crippen molar-refractivity contribution in [3.63, 3.8) is 0 Å². The molecule has 1 aromatic carbocycles. The maximum Gasteiger partial charge on any atom is 0.325 e. The first kappa shape index (κ1) is 22.9. The number of amides is 2. The Labute approximate surface area is 154 Å². The van der Waals surface area contributed by atoms with Crippen LogP contribution in [0.1, 0.15) is 25.8 Å². The van der Waals surface area contributed by atoms with Crippen molar-refractivity contribution in [1.82, 2.24) is 5.32 Å². The second kappa shape index (κ2) is 11.4. The monoisotopic (exact) mass is 371 g/mol. The highest BCUT2D eigenvalue weighted by molar-refractivity contribution is 5.94. The van der Waals surface area contributed by atoms with Crippen LogP contribution in [0.25, 0.3) is 0 Å². The molecule has 25 heavy (non-hydrogen) atoms. The van der Waals surface area contributed by atoms with Gasteiger partial charge < -0.3 is 21.1 Å². The van der Waals surface area contributed by atoms with E-state index in [9.17, 15) is 14.4 Å². The molecule has 1 rings (SSSR count). The number of benzene rings is 1. The van der Waals surface area contributed by atoms with Crippen molar-refractivity contribution in [3.8, 4) is 0 Å². The molecule has 2 amide bonds. The third-order valence-corrected chi connectivity index (χ3v) is 3.31. The second-order valence-electron chi connectivity index (χ2n) is 5.95. The number of ether oxygens (including phenoxy) is 1. The Bertz CT molecular complexity index is 576. The van der Waals surface area contributed by atoms with Gasteiger partial charge in [-0.1, -0.05) is 26.0 Å². The van der Waals surface area contributed by atoms with Gasteiger partial charge in [-0.2, -0.15) is 0 Å². The molecule has 0 radical (unpaired) electrons. The minimum atomic E-state index is -0.547. The molecule has 140 valence electrons. The molecule has 0 saturated heterocycles. The summed E-state index contributed by atoms with van der Waals surface area (Å²) in [5, 5.41) is 5.21. The molecule has 0 aliphatic heterocycles. The zero-order valence-electron chi connectivity index (χ0n) is 14.7. The number of halogens is 1. The number of hydrogen-bond donors (Lipinski definition) is 3. The van der Waals surface area contributed by atoms with Crippen molar-refractivity contribution >= 4 is 35.9 Å². The van der Waals surface area contributed by atoms with E-state index in [0.29, 0.717) is 18.0 Å². The molecule has 0 spiro atoms. The maximum atomic E-state index is 11.9. The molecule has 0 aliphatic carbocycles. The van der Waals surface area contributed by atoms with Crippen LogP contribution in [0.2, 0.25) is 0 Å². The Morgan fingerprint density at radius 2 is 1.76 bits per heavy atom. The molecule has 1 atom stereocenters. The molecule has 0 bridgehead atoms. The van der Waals surface area contributed by atoms with E-state index in [0.717, 1.165) is 5.56 Å². The van der Waals surface area contributed by atoms with Crippen LogP contribution in [-0.4, -0.2) is 37.5 Å². The fraction of sp³-hybridized carbons (Fsp3) is 0.471. The highest BCUT2D eigenvalue weighted by Crippen LogP contribution is 2.12. The molecule has 1 aromatic rings. The standard InChI is InChI=1S/C17H25N3O4.ClH/c1-11(2)8-14(18)17(23)20-13-6-4-12(5-7-13)9-15(21)19-10-16(22)24-3;/h4-7,11,14H,8-10,18H2,1-3H3,(H,19,21)(H,20,23);1H/t14-;/m0./s1. The first-order valence-electron chi connectivity index (χ1n) is 7.80. The van der Waals surface area contributed by atoms with E-state index in [1.165, 1.54) is 7.11 Å². The number of hydrogen-bond acceptors (Lipinski definition) is 5. The smallest absolute Gasteiger partial charge is 0.325 e. The summed E-state index contributed by atoms with van der Waals surface area (Å²) in [6.07, 6.45) is 0.752. The number of nitrogens with one attached hydrogen (secondary N) is 2. The summed E-state index contributed by atoms with van der Waals surface area (Å²) in [6.45, 7) is 3.86. The van der Waals surface area contributed by atoms with Crippen LogP contribution in [0.4, 0.5) is 5.69 Å². The first-order chi connectivity index (χ1) is 11.3. The van der Waals surface area contributed by atoms with Crippen LogP contribution in [0.5, 0.6) is 0 Å². The van der Waals surface area contributed by atoms with Crippen LogP contribution < -0.4 is 16.4 Å². The van der Waals surface area contributed by atoms with E-state index >= 15 is 0 Å². The molecule has 7 nitrogen and oxygen atoms in total. The summed E-state index contributed by atoms with van der Waals surface area (Å²) in [5.41, 5.74) is 7.22. The lowest BCUT2D eigenvalue weighted by atomic mass is 10.0. The lowest BCUT2D eigenvalue weighted by Crippen LogP contribution is -2.36. The third-order valence-electron chi connectivity index (χ3n) is 3.31. The fourth-order valence-electron chi connectivity index (χ4n) is 2.05. The Kier molecular flexibility index (Phi) is 10.5. The lowest BCUT2D eigenvalue weighted by molar-refractivity contribution is -0.141. The summed E-state index contributed by atoms with van der Waals surface area (Å²) in [5.74, 6) is -0.667. The summed E-state index contributed by atoms with van der Waals surface area (Å²) in [7, 11) is 1.26. The van der Waals surface area contributed by atoms with Gasteiger partial charge in [-0.3, -0.25) is 14.4 Å². The van der Waals surface area contributed by atoms with Crippen molar-refractivity contribution in [2.24, 2.45) is 11.7 Å². The van der Waals surface area contributed by atoms with Gasteiger partial charge in [0.25, 0.3) is 0 Å². The first-order valence-corrected chi connectivity index (χ1v) is 7.80. The average Bonchev–Trinajstić information content (AvgIpc) is 2.53. The highest BCUT2D eigenvalue weighted by atomic mass is 35.5. The van der Waals surface area contributed by atoms with E-state index in [-0.39, 0.29) is 37.2 Å². The van der Waals surface area contributed by atoms with Crippen molar-refractivity contribution in [3.05, 3.63) is 29.8 Å². The van der Waals surface area contributed by atoms with Crippen LogP contribution in [0.15, 0.2) is 24.3 Å². The molecular formula is C17H26ClN3O4. The summed E-state index contributed by atoms with van der Waals surface area (Å²) >= 11 is 0. The van der Waals surface area contributed by atoms with E-state index in [1.807, 2.05) is 13.8 Å². The molecule has 0 aromatic heterocycles. The largest absolute Gasteiger partial charge is 0.468 e. The van der Waals surface area contributed by atoms with Crippen molar-refractivity contribution in [2.75, 3.05) is 19.0 Å². The van der Waals surface area contributed by atoms with Gasteiger partial charge >= 0.3 is 5.97 Å². The Balaban J connectivity index is 0.00000576. The Morgan fingerprint density at radius 3 is 2.28 bits per heavy atom. The molecule has 0 fully saturated rings. The molecule has 0 unspecified atom stereocenters. The zero-order chi connectivity index (χ0) is 18.1. The highest BCUT2D eigenvalue weighted by Gasteiger charge is 2.15. The van der Waals surface area contributed by atoms with Crippen LogP contribution in [0.3, 0.4) is 0 Å². The predicted molar refractivity (Wildman–Crippen MR) is 98.5 cm³/mol. The van der Waals surface area contributed by atoms with E-state index < -0.39 is 12.0 Å². The molecule has 4 N–H and O–H groups in total. The quantitative estimate of drug-likeness (QED) is 0.595. The molecular weight excluding hydrogens is 346 g/mol. The minimum absolute atomic E-state index is 0. The number of anilines is 1. The summed E-state index contributed by atoms with van der Waals surface area (Å²) in [6, 6.07) is 6.35. The van der Waals surface area contributed by atoms with Gasteiger partial charge in [0.15, 0.2) is 0 Å². The van der Waals surface area contributed by atoms with Gasteiger partial charge in [-0.15, -0.1) is 12.4 Å². The Hall–Kier alpha value is -2.12. The maximum absolute atomic E-state index is 11.9. The van der Waals surface area contributed by atoms with Crippen LogP contribution in [-0.2, 0) is 25.5 Å². The topological polar surface area (TPSA) is 111 Å². The van der Waals surface area contributed by atoms with Gasteiger partial charge in [0.1, 0.15) is 6.54 Å². The van der Waals surface area contributed by atoms with Gasteiger partial charge in [0.2, 0.25) is 11.8 Å². The second-order valence-corrected chi connectivity index (χ2v) is 5.95.